The molecule has 0 fully saturated rings. The van der Waals surface area contributed by atoms with Crippen LogP contribution >= 0.6 is 0 Å². The molecule has 0 saturated heterocycles. The van der Waals surface area contributed by atoms with E-state index in [4.69, 9.17) is 13.3 Å². The Bertz CT molecular complexity index is 2410. The molecule has 0 spiro atoms. The maximum atomic E-state index is 6.48. The van der Waals surface area contributed by atoms with E-state index in [9.17, 15) is 0 Å². The van der Waals surface area contributed by atoms with Crippen molar-refractivity contribution < 1.29 is 13.3 Å². The maximum absolute atomic E-state index is 6.48. The van der Waals surface area contributed by atoms with E-state index in [0.29, 0.717) is 11.4 Å². The van der Waals surface area contributed by atoms with Crippen LogP contribution in [0.2, 0.25) is 0 Å². The normalized spacial score (nSPS) is 12.0. The average molecular weight is 518 g/mol. The van der Waals surface area contributed by atoms with Crippen LogP contribution in [0.3, 0.4) is 0 Å². The highest BCUT2D eigenvalue weighted by molar-refractivity contribution is 6.12. The smallest absolute Gasteiger partial charge is 0.227 e. The van der Waals surface area contributed by atoms with Gasteiger partial charge in [0, 0.05) is 56.5 Å². The van der Waals surface area contributed by atoms with Crippen molar-refractivity contribution in [1.82, 2.24) is 9.97 Å². The van der Waals surface area contributed by atoms with Gasteiger partial charge in [0.2, 0.25) is 11.4 Å². The Labute approximate surface area is 226 Å². The van der Waals surface area contributed by atoms with Gasteiger partial charge in [-0.3, -0.25) is 0 Å². The number of aromatic nitrogens is 2. The highest BCUT2D eigenvalue weighted by atomic mass is 16.3. The molecule has 0 aliphatic rings. The highest BCUT2D eigenvalue weighted by Crippen LogP contribution is 2.44. The Morgan fingerprint density at radius 3 is 1.98 bits per heavy atom. The van der Waals surface area contributed by atoms with E-state index in [1.807, 2.05) is 48.5 Å². The number of rotatable bonds is 3. The molecule has 0 radical (unpaired) electrons. The van der Waals surface area contributed by atoms with Gasteiger partial charge in [-0.2, -0.15) is 0 Å². The Hall–Kier alpha value is -5.62. The van der Waals surface area contributed by atoms with Crippen LogP contribution < -0.4 is 4.90 Å². The monoisotopic (exact) mass is 517 g/mol. The molecule has 0 amide bonds. The van der Waals surface area contributed by atoms with Crippen LogP contribution in [0, 0.1) is 0 Å². The first-order chi connectivity index (χ1) is 19.8. The third kappa shape index (κ3) is 2.98. The number of benzene rings is 4. The third-order valence-corrected chi connectivity index (χ3v) is 7.61. The van der Waals surface area contributed by atoms with Crippen LogP contribution in [0.25, 0.3) is 66.1 Å². The molecule has 0 bridgehead atoms. The van der Waals surface area contributed by atoms with E-state index >= 15 is 0 Å². The fourth-order valence-corrected chi connectivity index (χ4v) is 5.81. The van der Waals surface area contributed by atoms with Crippen LogP contribution in [0.5, 0.6) is 0 Å². The predicted octanol–water partition coefficient (Wildman–Crippen LogP) is 9.64. The fourth-order valence-electron chi connectivity index (χ4n) is 5.81. The van der Waals surface area contributed by atoms with Crippen molar-refractivity contribution in [3.8, 4) is 0 Å². The van der Waals surface area contributed by atoms with E-state index in [2.05, 4.69) is 69.5 Å². The number of pyridine rings is 2. The second-order valence-corrected chi connectivity index (χ2v) is 9.86. The molecule has 0 N–H and O–H groups in total. The number of anilines is 3. The summed E-state index contributed by atoms with van der Waals surface area (Å²) in [5, 5.41) is 6.13. The number of fused-ring (bicyclic) bond motifs is 9. The molecule has 6 heteroatoms. The van der Waals surface area contributed by atoms with Crippen molar-refractivity contribution in [2.75, 3.05) is 4.90 Å². The molecule has 0 atom stereocenters. The van der Waals surface area contributed by atoms with Gasteiger partial charge >= 0.3 is 0 Å². The molecule has 9 rings (SSSR count). The molecular formula is C34H19N3O3. The number of hydrogen-bond acceptors (Lipinski definition) is 6. The standard InChI is InChI=1S/C34H19N3O3/c1-2-11-29-22(6-1)24-7-3-10-28(32(24)38-29)37(20-13-15-30-27(18-20)26-9-5-17-36-34(26)39-30)21-12-14-23-25-8-4-16-35-33(25)40-31(23)19-21/h1-19H. The van der Waals surface area contributed by atoms with Crippen molar-refractivity contribution in [2.45, 2.75) is 0 Å². The van der Waals surface area contributed by atoms with Gasteiger partial charge in [-0.25, -0.2) is 9.97 Å². The van der Waals surface area contributed by atoms with Crippen LogP contribution in [0.1, 0.15) is 0 Å². The molecule has 40 heavy (non-hydrogen) atoms. The maximum Gasteiger partial charge on any atom is 0.227 e. The van der Waals surface area contributed by atoms with Crippen molar-refractivity contribution in [3.05, 3.63) is 116 Å². The Kier molecular flexibility index (Phi) is 4.24. The lowest BCUT2D eigenvalue weighted by Crippen LogP contribution is -2.10. The summed E-state index contributed by atoms with van der Waals surface area (Å²) < 4.78 is 18.7. The lowest BCUT2D eigenvalue weighted by atomic mass is 10.1. The summed E-state index contributed by atoms with van der Waals surface area (Å²) >= 11 is 0. The van der Waals surface area contributed by atoms with Crippen LogP contribution in [0.15, 0.2) is 129 Å². The molecule has 0 unspecified atom stereocenters. The molecule has 6 nitrogen and oxygen atoms in total. The minimum atomic E-state index is 0.622. The van der Waals surface area contributed by atoms with Gasteiger partial charge < -0.3 is 18.2 Å². The summed E-state index contributed by atoms with van der Waals surface area (Å²) in [5.41, 5.74) is 7.29. The zero-order valence-corrected chi connectivity index (χ0v) is 21.0. The van der Waals surface area contributed by atoms with Crippen molar-refractivity contribution in [1.29, 1.82) is 0 Å². The quantitative estimate of drug-likeness (QED) is 0.232. The van der Waals surface area contributed by atoms with Gasteiger partial charge in [0.25, 0.3) is 0 Å². The minimum absolute atomic E-state index is 0.622. The Morgan fingerprint density at radius 2 is 1.10 bits per heavy atom. The first-order valence-electron chi connectivity index (χ1n) is 13.1. The van der Waals surface area contributed by atoms with E-state index in [1.54, 1.807) is 12.4 Å². The van der Waals surface area contributed by atoms with Gasteiger partial charge in [-0.1, -0.05) is 30.3 Å². The molecule has 0 saturated carbocycles. The molecule has 4 aromatic carbocycles. The molecule has 0 aliphatic heterocycles. The third-order valence-electron chi connectivity index (χ3n) is 7.61. The van der Waals surface area contributed by atoms with Crippen molar-refractivity contribution >= 4 is 83.1 Å². The molecular weight excluding hydrogens is 498 g/mol. The first-order valence-corrected chi connectivity index (χ1v) is 13.1. The van der Waals surface area contributed by atoms with Crippen LogP contribution in [-0.2, 0) is 0 Å². The van der Waals surface area contributed by atoms with Crippen molar-refractivity contribution in [2.24, 2.45) is 0 Å². The lowest BCUT2D eigenvalue weighted by Gasteiger charge is -2.25. The summed E-state index contributed by atoms with van der Waals surface area (Å²) in [6.07, 6.45) is 3.50. The number of nitrogens with zero attached hydrogens (tertiary/aromatic N) is 3. The second kappa shape index (κ2) is 7.94. The summed E-state index contributed by atoms with van der Waals surface area (Å²) in [6, 6.07) is 34.8. The van der Waals surface area contributed by atoms with E-state index in [-0.39, 0.29) is 0 Å². The number of hydrogen-bond donors (Lipinski definition) is 0. The molecule has 5 aromatic heterocycles. The largest absolute Gasteiger partial charge is 0.454 e. The number of furan rings is 3. The van der Waals surface area contributed by atoms with Crippen LogP contribution in [0.4, 0.5) is 17.1 Å². The molecule has 0 aliphatic carbocycles. The summed E-state index contributed by atoms with van der Waals surface area (Å²) in [7, 11) is 0. The van der Waals surface area contributed by atoms with Crippen LogP contribution in [-0.4, -0.2) is 9.97 Å². The van der Waals surface area contributed by atoms with Gasteiger partial charge in [-0.05, 0) is 66.7 Å². The van der Waals surface area contributed by atoms with Crippen molar-refractivity contribution in [3.63, 3.8) is 0 Å². The zero-order valence-electron chi connectivity index (χ0n) is 21.0. The minimum Gasteiger partial charge on any atom is -0.454 e. The van der Waals surface area contributed by atoms with E-state index in [1.165, 1.54) is 0 Å². The molecule has 9 aromatic rings. The Balaban J connectivity index is 1.34. The topological polar surface area (TPSA) is 68.4 Å². The zero-order chi connectivity index (χ0) is 26.2. The summed E-state index contributed by atoms with van der Waals surface area (Å²) in [5.74, 6) is 0. The Morgan fingerprint density at radius 1 is 0.450 bits per heavy atom. The van der Waals surface area contributed by atoms with E-state index < -0.39 is 0 Å². The van der Waals surface area contributed by atoms with Gasteiger partial charge in [0.1, 0.15) is 16.7 Å². The van der Waals surface area contributed by atoms with Gasteiger partial charge in [-0.15, -0.1) is 0 Å². The second-order valence-electron chi connectivity index (χ2n) is 9.86. The first kappa shape index (κ1) is 21.3. The summed E-state index contributed by atoms with van der Waals surface area (Å²) in [4.78, 5) is 11.0. The summed E-state index contributed by atoms with van der Waals surface area (Å²) in [6.45, 7) is 0. The SMILES string of the molecule is c1ccc2c(c1)oc1c(N(c3ccc4c(c3)oc3ncccc34)c3ccc4oc5ncccc5c4c3)cccc12. The molecule has 188 valence electrons. The average Bonchev–Trinajstić information content (AvgIpc) is 3.68. The lowest BCUT2D eigenvalue weighted by molar-refractivity contribution is 0.653. The van der Waals surface area contributed by atoms with Gasteiger partial charge in [0.15, 0.2) is 5.58 Å². The fraction of sp³-hybridized carbons (Fsp3) is 0. The molecule has 5 heterocycles. The number of para-hydroxylation sites is 2. The van der Waals surface area contributed by atoms with Gasteiger partial charge in [0.05, 0.1) is 11.4 Å². The highest BCUT2D eigenvalue weighted by Gasteiger charge is 2.21. The predicted molar refractivity (Wildman–Crippen MR) is 159 cm³/mol. The van der Waals surface area contributed by atoms with E-state index in [0.717, 1.165) is 71.7 Å².